The number of hydrogen-bond acceptors (Lipinski definition) is 3. The highest BCUT2D eigenvalue weighted by Gasteiger charge is 2.26. The van der Waals surface area contributed by atoms with Gasteiger partial charge in [-0.05, 0) is 24.3 Å². The maximum absolute atomic E-state index is 13.7. The van der Waals surface area contributed by atoms with Crippen molar-refractivity contribution in [2.24, 2.45) is 0 Å². The molecule has 2 rings (SSSR count). The minimum absolute atomic E-state index is 0.0819. The van der Waals surface area contributed by atoms with Gasteiger partial charge in [-0.25, -0.2) is 21.6 Å². The predicted octanol–water partition coefficient (Wildman–Crippen LogP) is 3.31. The molecule has 0 spiro atoms. The van der Waals surface area contributed by atoms with Gasteiger partial charge in [0, 0.05) is 16.3 Å². The van der Waals surface area contributed by atoms with Gasteiger partial charge in [-0.15, -0.1) is 0 Å². The molecular formula is C13H9ClF3NO2S. The molecule has 0 aromatic heterocycles. The summed E-state index contributed by atoms with van der Waals surface area (Å²) in [7, 11) is -4.42. The van der Waals surface area contributed by atoms with Gasteiger partial charge in [-0.2, -0.15) is 0 Å². The molecule has 0 saturated heterocycles. The van der Waals surface area contributed by atoms with E-state index in [0.717, 1.165) is 12.1 Å². The second-order valence-electron chi connectivity index (χ2n) is 4.31. The molecule has 0 amide bonds. The first kappa shape index (κ1) is 15.7. The SMILES string of the molecule is Nc1cc(F)c(S(=O)(=O)Cc2ccc(Cl)cc2F)c(F)c1. The van der Waals surface area contributed by atoms with Crippen LogP contribution in [0.1, 0.15) is 5.56 Å². The van der Waals surface area contributed by atoms with Crippen LogP contribution in [-0.2, 0) is 15.6 Å². The summed E-state index contributed by atoms with van der Waals surface area (Å²) in [5.74, 6) is -4.40. The Kier molecular flexibility index (Phi) is 4.15. The molecule has 2 N–H and O–H groups in total. The van der Waals surface area contributed by atoms with E-state index in [-0.39, 0.29) is 16.3 Å². The Labute approximate surface area is 124 Å². The van der Waals surface area contributed by atoms with Crippen LogP contribution in [0.2, 0.25) is 5.02 Å². The Balaban J connectivity index is 2.48. The summed E-state index contributed by atoms with van der Waals surface area (Å²) >= 11 is 5.55. The number of hydrogen-bond donors (Lipinski definition) is 1. The van der Waals surface area contributed by atoms with Gasteiger partial charge < -0.3 is 5.73 Å². The third kappa shape index (κ3) is 3.30. The van der Waals surface area contributed by atoms with E-state index in [0.29, 0.717) is 12.1 Å². The number of benzene rings is 2. The minimum Gasteiger partial charge on any atom is -0.399 e. The van der Waals surface area contributed by atoms with Crippen molar-refractivity contribution in [3.8, 4) is 0 Å². The van der Waals surface area contributed by atoms with Crippen molar-refractivity contribution in [1.29, 1.82) is 0 Å². The minimum atomic E-state index is -4.42. The van der Waals surface area contributed by atoms with E-state index in [2.05, 4.69) is 0 Å². The summed E-state index contributed by atoms with van der Waals surface area (Å²) < 4.78 is 65.1. The Hall–Kier alpha value is -1.73. The molecule has 0 aliphatic rings. The highest BCUT2D eigenvalue weighted by molar-refractivity contribution is 7.90. The predicted molar refractivity (Wildman–Crippen MR) is 73.1 cm³/mol. The number of rotatable bonds is 3. The van der Waals surface area contributed by atoms with E-state index in [1.54, 1.807) is 0 Å². The van der Waals surface area contributed by atoms with Gasteiger partial charge in [-0.1, -0.05) is 17.7 Å². The molecule has 0 bridgehead atoms. The second-order valence-corrected chi connectivity index (χ2v) is 6.67. The van der Waals surface area contributed by atoms with Crippen molar-refractivity contribution < 1.29 is 21.6 Å². The zero-order chi connectivity index (χ0) is 15.8. The van der Waals surface area contributed by atoms with Crippen LogP contribution < -0.4 is 5.73 Å². The van der Waals surface area contributed by atoms with Gasteiger partial charge in [0.1, 0.15) is 22.3 Å². The standard InChI is InChI=1S/C13H9ClF3NO2S/c14-8-2-1-7(10(15)3-8)6-21(19,20)13-11(16)4-9(18)5-12(13)17/h1-5H,6,18H2. The number of nitrogen functional groups attached to an aromatic ring is 1. The number of sulfone groups is 1. The molecule has 2 aromatic carbocycles. The van der Waals surface area contributed by atoms with Gasteiger partial charge in [0.15, 0.2) is 9.84 Å². The average Bonchev–Trinajstić information content (AvgIpc) is 2.30. The Bertz CT molecular complexity index is 786. The van der Waals surface area contributed by atoms with Crippen LogP contribution in [0.25, 0.3) is 0 Å². The highest BCUT2D eigenvalue weighted by Crippen LogP contribution is 2.26. The Morgan fingerprint density at radius 2 is 1.57 bits per heavy atom. The lowest BCUT2D eigenvalue weighted by molar-refractivity contribution is 0.519. The van der Waals surface area contributed by atoms with Crippen LogP contribution in [0.5, 0.6) is 0 Å². The molecule has 0 saturated carbocycles. The lowest BCUT2D eigenvalue weighted by atomic mass is 10.2. The molecule has 0 unspecified atom stereocenters. The van der Waals surface area contributed by atoms with Crippen molar-refractivity contribution in [3.05, 3.63) is 58.4 Å². The van der Waals surface area contributed by atoms with Gasteiger partial charge in [0.25, 0.3) is 0 Å². The maximum Gasteiger partial charge on any atom is 0.188 e. The monoisotopic (exact) mass is 335 g/mol. The fourth-order valence-corrected chi connectivity index (χ4v) is 3.45. The van der Waals surface area contributed by atoms with Gasteiger partial charge in [0.2, 0.25) is 0 Å². The summed E-state index contributed by atoms with van der Waals surface area (Å²) in [6, 6.07) is 4.72. The van der Waals surface area contributed by atoms with Crippen molar-refractivity contribution in [2.75, 3.05) is 5.73 Å². The molecule has 0 aliphatic heterocycles. The molecule has 0 aliphatic carbocycles. The molecule has 0 fully saturated rings. The van der Waals surface area contributed by atoms with Crippen molar-refractivity contribution in [3.63, 3.8) is 0 Å². The average molecular weight is 336 g/mol. The first-order chi connectivity index (χ1) is 9.70. The van der Waals surface area contributed by atoms with Crippen molar-refractivity contribution >= 4 is 27.1 Å². The topological polar surface area (TPSA) is 60.2 Å². The zero-order valence-electron chi connectivity index (χ0n) is 10.4. The van der Waals surface area contributed by atoms with E-state index in [4.69, 9.17) is 17.3 Å². The first-order valence-electron chi connectivity index (χ1n) is 5.62. The van der Waals surface area contributed by atoms with Crippen LogP contribution in [0.15, 0.2) is 35.2 Å². The third-order valence-electron chi connectivity index (χ3n) is 2.69. The summed E-state index contributed by atoms with van der Waals surface area (Å²) in [4.78, 5) is -1.13. The quantitative estimate of drug-likeness (QED) is 0.875. The Morgan fingerprint density at radius 1 is 1.00 bits per heavy atom. The Morgan fingerprint density at radius 3 is 2.10 bits per heavy atom. The fraction of sp³-hybridized carbons (Fsp3) is 0.0769. The van der Waals surface area contributed by atoms with Gasteiger partial charge >= 0.3 is 0 Å². The summed E-state index contributed by atoms with van der Waals surface area (Å²) in [5.41, 5.74) is 4.73. The normalized spacial score (nSPS) is 11.6. The van der Waals surface area contributed by atoms with Gasteiger partial charge in [0.05, 0.1) is 5.75 Å². The molecule has 21 heavy (non-hydrogen) atoms. The van der Waals surface area contributed by atoms with E-state index in [9.17, 15) is 21.6 Å². The van der Waals surface area contributed by atoms with Crippen LogP contribution in [0, 0.1) is 17.5 Å². The maximum atomic E-state index is 13.7. The van der Waals surface area contributed by atoms with E-state index < -0.39 is 37.9 Å². The lowest BCUT2D eigenvalue weighted by Crippen LogP contribution is -2.11. The number of nitrogens with two attached hydrogens (primary N) is 1. The molecule has 2 aromatic rings. The molecule has 0 radical (unpaired) electrons. The van der Waals surface area contributed by atoms with Crippen LogP contribution in [0.3, 0.4) is 0 Å². The third-order valence-corrected chi connectivity index (χ3v) is 4.63. The van der Waals surface area contributed by atoms with Gasteiger partial charge in [-0.3, -0.25) is 0 Å². The summed E-state index contributed by atoms with van der Waals surface area (Å²) in [6.45, 7) is 0. The molecule has 8 heteroatoms. The lowest BCUT2D eigenvalue weighted by Gasteiger charge is -2.09. The zero-order valence-corrected chi connectivity index (χ0v) is 12.0. The van der Waals surface area contributed by atoms with E-state index >= 15 is 0 Å². The van der Waals surface area contributed by atoms with Crippen molar-refractivity contribution in [2.45, 2.75) is 10.6 Å². The summed E-state index contributed by atoms with van der Waals surface area (Å²) in [5, 5.41) is 0.0819. The summed E-state index contributed by atoms with van der Waals surface area (Å²) in [6.07, 6.45) is 0. The van der Waals surface area contributed by atoms with Crippen LogP contribution in [0.4, 0.5) is 18.9 Å². The van der Waals surface area contributed by atoms with Crippen LogP contribution >= 0.6 is 11.6 Å². The fourth-order valence-electron chi connectivity index (χ4n) is 1.79. The largest absolute Gasteiger partial charge is 0.399 e. The highest BCUT2D eigenvalue weighted by atomic mass is 35.5. The molecular weight excluding hydrogens is 327 g/mol. The smallest absolute Gasteiger partial charge is 0.188 e. The van der Waals surface area contributed by atoms with Crippen molar-refractivity contribution in [1.82, 2.24) is 0 Å². The molecule has 3 nitrogen and oxygen atoms in total. The van der Waals surface area contributed by atoms with E-state index in [1.807, 2.05) is 0 Å². The van der Waals surface area contributed by atoms with Crippen LogP contribution in [-0.4, -0.2) is 8.42 Å². The number of anilines is 1. The first-order valence-corrected chi connectivity index (χ1v) is 7.65. The molecule has 0 heterocycles. The molecule has 0 atom stereocenters. The molecule has 112 valence electrons. The van der Waals surface area contributed by atoms with E-state index in [1.165, 1.54) is 6.07 Å². The second kappa shape index (κ2) is 5.57. The number of halogens is 4.